The fraction of sp³-hybridized carbons (Fsp3) is 0.423. The smallest absolute Gasteiger partial charge is 0.493 e. The van der Waals surface area contributed by atoms with E-state index in [1.807, 2.05) is 26.0 Å². The highest BCUT2D eigenvalue weighted by molar-refractivity contribution is 5.96. The van der Waals surface area contributed by atoms with Crippen LogP contribution >= 0.6 is 0 Å². The van der Waals surface area contributed by atoms with E-state index in [9.17, 15) is 9.59 Å². The standard InChI is InChI=1S/C26H33N5O5/c1-15(2)14-35-26(33)36-22-20(34-7)12-13-27-21(22)25(32)28-17(5)23-29-24(31(6)30-23)19-10-8-18(9-11-19)16(3)4/h8-13,15-17H,14H2,1-7H3,(H,28,32)/t17-/m0/s1. The van der Waals surface area contributed by atoms with Crippen LogP contribution in [0.2, 0.25) is 0 Å². The van der Waals surface area contributed by atoms with E-state index < -0.39 is 18.1 Å². The van der Waals surface area contributed by atoms with E-state index in [-0.39, 0.29) is 29.7 Å². The molecule has 0 fully saturated rings. The van der Waals surface area contributed by atoms with Gasteiger partial charge in [0.25, 0.3) is 5.91 Å². The van der Waals surface area contributed by atoms with Crippen LogP contribution in [0.1, 0.15) is 68.5 Å². The first kappa shape index (κ1) is 26.7. The Bertz CT molecular complexity index is 1200. The monoisotopic (exact) mass is 495 g/mol. The molecule has 0 saturated heterocycles. The number of carbonyl (C=O) groups is 2. The van der Waals surface area contributed by atoms with Crippen LogP contribution in [0.4, 0.5) is 4.79 Å². The minimum Gasteiger partial charge on any atom is -0.493 e. The molecule has 0 aliphatic carbocycles. The van der Waals surface area contributed by atoms with Gasteiger partial charge in [0, 0.05) is 24.9 Å². The van der Waals surface area contributed by atoms with Crippen molar-refractivity contribution in [2.24, 2.45) is 13.0 Å². The van der Waals surface area contributed by atoms with Crippen molar-refractivity contribution in [1.82, 2.24) is 25.1 Å². The molecule has 0 radical (unpaired) electrons. The number of aromatic nitrogens is 4. The van der Waals surface area contributed by atoms with Gasteiger partial charge in [-0.05, 0) is 24.3 Å². The Morgan fingerprint density at radius 1 is 1.06 bits per heavy atom. The van der Waals surface area contributed by atoms with Gasteiger partial charge in [0.05, 0.1) is 19.8 Å². The van der Waals surface area contributed by atoms with Gasteiger partial charge >= 0.3 is 6.16 Å². The van der Waals surface area contributed by atoms with Gasteiger partial charge in [-0.15, -0.1) is 0 Å². The molecule has 36 heavy (non-hydrogen) atoms. The number of ether oxygens (including phenoxy) is 3. The zero-order valence-electron chi connectivity index (χ0n) is 21.7. The molecule has 10 heteroatoms. The number of amides is 1. The molecule has 2 aromatic heterocycles. The van der Waals surface area contributed by atoms with E-state index >= 15 is 0 Å². The largest absolute Gasteiger partial charge is 0.514 e. The van der Waals surface area contributed by atoms with Crippen molar-refractivity contribution >= 4 is 12.1 Å². The van der Waals surface area contributed by atoms with Crippen molar-refractivity contribution in [2.45, 2.75) is 46.6 Å². The third-order valence-corrected chi connectivity index (χ3v) is 5.37. The average molecular weight is 496 g/mol. The lowest BCUT2D eigenvalue weighted by atomic mass is 10.0. The Labute approximate surface area is 211 Å². The van der Waals surface area contributed by atoms with Crippen LogP contribution in [-0.2, 0) is 11.8 Å². The van der Waals surface area contributed by atoms with E-state index in [1.54, 1.807) is 18.7 Å². The van der Waals surface area contributed by atoms with Gasteiger partial charge in [0.15, 0.2) is 23.1 Å². The third kappa shape index (κ3) is 6.38. The molecule has 0 aliphatic rings. The highest BCUT2D eigenvalue weighted by Gasteiger charge is 2.25. The molecule has 0 saturated carbocycles. The van der Waals surface area contributed by atoms with Crippen molar-refractivity contribution in [2.75, 3.05) is 13.7 Å². The van der Waals surface area contributed by atoms with E-state index in [0.29, 0.717) is 17.6 Å². The molecule has 10 nitrogen and oxygen atoms in total. The number of carbonyl (C=O) groups excluding carboxylic acids is 2. The summed E-state index contributed by atoms with van der Waals surface area (Å²) in [5.41, 5.74) is 2.03. The first-order valence-corrected chi connectivity index (χ1v) is 11.8. The van der Waals surface area contributed by atoms with Gasteiger partial charge in [-0.25, -0.2) is 19.4 Å². The van der Waals surface area contributed by atoms with Crippen molar-refractivity contribution < 1.29 is 23.8 Å². The Balaban J connectivity index is 1.79. The number of hydrogen-bond acceptors (Lipinski definition) is 8. The van der Waals surface area contributed by atoms with E-state index in [0.717, 1.165) is 5.56 Å². The van der Waals surface area contributed by atoms with Crippen LogP contribution in [0.25, 0.3) is 11.4 Å². The second-order valence-corrected chi connectivity index (χ2v) is 9.14. The predicted octanol–water partition coefficient (Wildman–Crippen LogP) is 4.67. The normalized spacial score (nSPS) is 11.9. The molecule has 1 amide bonds. The lowest BCUT2D eigenvalue weighted by Crippen LogP contribution is -2.29. The summed E-state index contributed by atoms with van der Waals surface area (Å²) in [7, 11) is 3.20. The molecule has 0 unspecified atom stereocenters. The first-order valence-electron chi connectivity index (χ1n) is 11.8. The molecule has 192 valence electrons. The molecular formula is C26H33N5O5. The number of benzene rings is 1. The number of nitrogens with one attached hydrogen (secondary N) is 1. The molecule has 3 rings (SSSR count). The predicted molar refractivity (Wildman–Crippen MR) is 134 cm³/mol. The number of nitrogens with zero attached hydrogens (tertiary/aromatic N) is 4. The summed E-state index contributed by atoms with van der Waals surface area (Å²) in [4.78, 5) is 34.0. The molecule has 0 spiro atoms. The Morgan fingerprint density at radius 3 is 2.36 bits per heavy atom. The summed E-state index contributed by atoms with van der Waals surface area (Å²) < 4.78 is 17.3. The quantitative estimate of drug-likeness (QED) is 0.426. The summed E-state index contributed by atoms with van der Waals surface area (Å²) >= 11 is 0. The summed E-state index contributed by atoms with van der Waals surface area (Å²) in [6, 6.07) is 9.09. The molecular weight excluding hydrogens is 462 g/mol. The van der Waals surface area contributed by atoms with Crippen LogP contribution < -0.4 is 14.8 Å². The maximum absolute atomic E-state index is 13.1. The second-order valence-electron chi connectivity index (χ2n) is 9.14. The minimum absolute atomic E-state index is 0.122. The number of pyridine rings is 1. The number of methoxy groups -OCH3 is 1. The number of rotatable bonds is 9. The average Bonchev–Trinajstić information content (AvgIpc) is 3.24. The second kappa shape index (κ2) is 11.7. The molecule has 1 atom stereocenters. The zero-order chi connectivity index (χ0) is 26.4. The van der Waals surface area contributed by atoms with Crippen molar-refractivity contribution in [3.8, 4) is 22.9 Å². The van der Waals surface area contributed by atoms with Crippen LogP contribution in [-0.4, -0.2) is 45.5 Å². The summed E-state index contributed by atoms with van der Waals surface area (Å²) in [6.45, 7) is 10.0. The van der Waals surface area contributed by atoms with Gasteiger partial charge < -0.3 is 19.5 Å². The van der Waals surface area contributed by atoms with Crippen LogP contribution in [0.5, 0.6) is 11.5 Å². The van der Waals surface area contributed by atoms with Crippen LogP contribution in [0.3, 0.4) is 0 Å². The minimum atomic E-state index is -0.948. The first-order chi connectivity index (χ1) is 17.1. The molecule has 0 bridgehead atoms. The lowest BCUT2D eigenvalue weighted by molar-refractivity contribution is 0.0852. The summed E-state index contributed by atoms with van der Waals surface area (Å²) in [5.74, 6) is 1.13. The van der Waals surface area contributed by atoms with Crippen LogP contribution in [0.15, 0.2) is 36.5 Å². The van der Waals surface area contributed by atoms with Gasteiger partial charge in [-0.3, -0.25) is 4.79 Å². The topological polar surface area (TPSA) is 117 Å². The van der Waals surface area contributed by atoms with Crippen molar-refractivity contribution in [3.05, 3.63) is 53.6 Å². The number of hydrogen-bond donors (Lipinski definition) is 1. The molecule has 1 N–H and O–H groups in total. The van der Waals surface area contributed by atoms with E-state index in [2.05, 4.69) is 46.4 Å². The van der Waals surface area contributed by atoms with Gasteiger partial charge in [0.2, 0.25) is 5.75 Å². The fourth-order valence-corrected chi connectivity index (χ4v) is 3.38. The highest BCUT2D eigenvalue weighted by atomic mass is 16.7. The van der Waals surface area contributed by atoms with Crippen molar-refractivity contribution in [1.29, 1.82) is 0 Å². The maximum atomic E-state index is 13.1. The van der Waals surface area contributed by atoms with E-state index in [4.69, 9.17) is 14.2 Å². The summed E-state index contributed by atoms with van der Waals surface area (Å²) in [6.07, 6.45) is 0.444. The van der Waals surface area contributed by atoms with Crippen molar-refractivity contribution in [3.63, 3.8) is 0 Å². The zero-order valence-corrected chi connectivity index (χ0v) is 21.7. The molecule has 3 aromatic rings. The SMILES string of the molecule is COc1ccnc(C(=O)N[C@@H](C)c2nc(-c3ccc(C(C)C)cc3)n(C)n2)c1OC(=O)OCC(C)C. The third-order valence-electron chi connectivity index (χ3n) is 5.37. The number of aryl methyl sites for hydroxylation is 1. The summed E-state index contributed by atoms with van der Waals surface area (Å²) in [5, 5.41) is 7.29. The highest BCUT2D eigenvalue weighted by Crippen LogP contribution is 2.30. The lowest BCUT2D eigenvalue weighted by Gasteiger charge is -2.15. The van der Waals surface area contributed by atoms with E-state index in [1.165, 1.54) is 24.9 Å². The molecule has 2 heterocycles. The Hall–Kier alpha value is -3.95. The van der Waals surface area contributed by atoms with Gasteiger partial charge in [-0.1, -0.05) is 52.0 Å². The van der Waals surface area contributed by atoms with Gasteiger partial charge in [-0.2, -0.15) is 5.10 Å². The Kier molecular flexibility index (Phi) is 8.63. The molecule has 0 aliphatic heterocycles. The fourth-order valence-electron chi connectivity index (χ4n) is 3.38. The Morgan fingerprint density at radius 2 is 1.75 bits per heavy atom. The van der Waals surface area contributed by atoms with Gasteiger partial charge in [0.1, 0.15) is 0 Å². The molecule has 1 aromatic carbocycles. The maximum Gasteiger partial charge on any atom is 0.514 e. The van der Waals surface area contributed by atoms with Crippen LogP contribution in [0, 0.1) is 5.92 Å².